The molecule has 0 aromatic heterocycles. The van der Waals surface area contributed by atoms with Gasteiger partial charge >= 0.3 is 0 Å². The van der Waals surface area contributed by atoms with Gasteiger partial charge in [-0.05, 0) is 54.5 Å². The lowest BCUT2D eigenvalue weighted by atomic mass is 9.95. The van der Waals surface area contributed by atoms with Crippen molar-refractivity contribution < 1.29 is 9.13 Å². The Morgan fingerprint density at radius 3 is 2.59 bits per heavy atom. The lowest BCUT2D eigenvalue weighted by molar-refractivity contribution is 0.238. The molecule has 0 spiro atoms. The third-order valence-corrected chi connectivity index (χ3v) is 4.18. The molecule has 0 saturated carbocycles. The Morgan fingerprint density at radius 2 is 1.94 bits per heavy atom. The highest BCUT2D eigenvalue weighted by Gasteiger charge is 2.21. The van der Waals surface area contributed by atoms with Gasteiger partial charge in [0.2, 0.25) is 0 Å². The molecule has 1 unspecified atom stereocenters. The van der Waals surface area contributed by atoms with Crippen LogP contribution in [0.25, 0.3) is 0 Å². The standard InChI is InChI=1S/C13H18FNOS/c14-11-1-3-12(4-2-11)16-9-13(15)10-5-7-17-8-6-10/h1-4,10,13H,5-9,15H2. The maximum Gasteiger partial charge on any atom is 0.123 e. The maximum absolute atomic E-state index is 12.7. The minimum Gasteiger partial charge on any atom is -0.492 e. The topological polar surface area (TPSA) is 35.2 Å². The quantitative estimate of drug-likeness (QED) is 0.898. The van der Waals surface area contributed by atoms with Crippen LogP contribution in [-0.2, 0) is 0 Å². The first-order valence-electron chi connectivity index (χ1n) is 5.97. The van der Waals surface area contributed by atoms with Crippen molar-refractivity contribution in [1.29, 1.82) is 0 Å². The number of halogens is 1. The largest absolute Gasteiger partial charge is 0.492 e. The highest BCUT2D eigenvalue weighted by Crippen LogP contribution is 2.25. The van der Waals surface area contributed by atoms with Gasteiger partial charge in [-0.25, -0.2) is 4.39 Å². The molecule has 0 radical (unpaired) electrons. The van der Waals surface area contributed by atoms with E-state index < -0.39 is 0 Å². The Balaban J connectivity index is 1.78. The SMILES string of the molecule is NC(COc1ccc(F)cc1)C1CCSCC1. The lowest BCUT2D eigenvalue weighted by Gasteiger charge is -2.27. The fraction of sp³-hybridized carbons (Fsp3) is 0.538. The normalized spacial score (nSPS) is 18.9. The highest BCUT2D eigenvalue weighted by molar-refractivity contribution is 7.99. The highest BCUT2D eigenvalue weighted by atomic mass is 32.2. The van der Waals surface area contributed by atoms with Crippen LogP contribution < -0.4 is 10.5 Å². The Hall–Kier alpha value is -0.740. The van der Waals surface area contributed by atoms with Crippen molar-refractivity contribution in [2.24, 2.45) is 11.7 Å². The first-order valence-corrected chi connectivity index (χ1v) is 7.13. The predicted molar refractivity (Wildman–Crippen MR) is 69.9 cm³/mol. The second kappa shape index (κ2) is 6.26. The van der Waals surface area contributed by atoms with Crippen LogP contribution in [0.15, 0.2) is 24.3 Å². The van der Waals surface area contributed by atoms with E-state index in [1.165, 1.54) is 36.5 Å². The van der Waals surface area contributed by atoms with Crippen molar-refractivity contribution in [3.8, 4) is 5.75 Å². The molecule has 1 heterocycles. The summed E-state index contributed by atoms with van der Waals surface area (Å²) in [6, 6.07) is 6.16. The first-order chi connectivity index (χ1) is 8.25. The van der Waals surface area contributed by atoms with E-state index in [0.717, 1.165) is 0 Å². The molecule has 0 bridgehead atoms. The number of ether oxygens (including phenoxy) is 1. The van der Waals surface area contributed by atoms with Crippen molar-refractivity contribution >= 4 is 11.8 Å². The molecule has 94 valence electrons. The van der Waals surface area contributed by atoms with Crippen LogP contribution in [0, 0.1) is 11.7 Å². The molecule has 1 saturated heterocycles. The molecule has 1 atom stereocenters. The molecule has 2 nitrogen and oxygen atoms in total. The molecule has 1 aliphatic rings. The van der Waals surface area contributed by atoms with Crippen molar-refractivity contribution in [2.45, 2.75) is 18.9 Å². The van der Waals surface area contributed by atoms with Gasteiger partial charge in [0.25, 0.3) is 0 Å². The molecule has 17 heavy (non-hydrogen) atoms. The molecule has 1 aromatic rings. The van der Waals surface area contributed by atoms with Gasteiger partial charge in [0, 0.05) is 6.04 Å². The summed E-state index contributed by atoms with van der Waals surface area (Å²) < 4.78 is 18.3. The molecule has 0 amide bonds. The molecule has 1 fully saturated rings. The average molecular weight is 255 g/mol. The Kier molecular flexibility index (Phi) is 4.68. The van der Waals surface area contributed by atoms with Gasteiger partial charge in [-0.3, -0.25) is 0 Å². The molecule has 1 aromatic carbocycles. The Bertz CT molecular complexity index is 338. The monoisotopic (exact) mass is 255 g/mol. The van der Waals surface area contributed by atoms with Gasteiger partial charge in [0.1, 0.15) is 18.2 Å². The lowest BCUT2D eigenvalue weighted by Crippen LogP contribution is -2.37. The minimum atomic E-state index is -0.244. The number of thioether (sulfide) groups is 1. The fourth-order valence-electron chi connectivity index (χ4n) is 2.00. The van der Waals surface area contributed by atoms with E-state index >= 15 is 0 Å². The maximum atomic E-state index is 12.7. The van der Waals surface area contributed by atoms with Crippen LogP contribution in [0.5, 0.6) is 5.75 Å². The van der Waals surface area contributed by atoms with E-state index in [1.54, 1.807) is 12.1 Å². The summed E-state index contributed by atoms with van der Waals surface area (Å²) in [6.45, 7) is 0.515. The Labute approximate surface area is 106 Å². The second-order valence-electron chi connectivity index (χ2n) is 4.38. The smallest absolute Gasteiger partial charge is 0.123 e. The number of rotatable bonds is 4. The summed E-state index contributed by atoms with van der Waals surface area (Å²) in [5.41, 5.74) is 6.12. The van der Waals surface area contributed by atoms with Gasteiger partial charge in [0.05, 0.1) is 0 Å². The van der Waals surface area contributed by atoms with Crippen LogP contribution in [0.3, 0.4) is 0 Å². The van der Waals surface area contributed by atoms with E-state index in [4.69, 9.17) is 10.5 Å². The van der Waals surface area contributed by atoms with E-state index in [9.17, 15) is 4.39 Å². The van der Waals surface area contributed by atoms with Gasteiger partial charge in [-0.2, -0.15) is 11.8 Å². The molecule has 0 aliphatic carbocycles. The van der Waals surface area contributed by atoms with Gasteiger partial charge in [-0.15, -0.1) is 0 Å². The number of hydrogen-bond acceptors (Lipinski definition) is 3. The summed E-state index contributed by atoms with van der Waals surface area (Å²) in [7, 11) is 0. The molecule has 4 heteroatoms. The number of nitrogens with two attached hydrogens (primary N) is 1. The van der Waals surface area contributed by atoms with E-state index in [-0.39, 0.29) is 11.9 Å². The molecule has 1 aliphatic heterocycles. The van der Waals surface area contributed by atoms with Crippen LogP contribution in [-0.4, -0.2) is 24.2 Å². The molecule has 2 rings (SSSR count). The predicted octanol–water partition coefficient (Wildman–Crippen LogP) is 2.68. The van der Waals surface area contributed by atoms with Gasteiger partial charge in [0.15, 0.2) is 0 Å². The zero-order chi connectivity index (χ0) is 12.1. The summed E-state index contributed by atoms with van der Waals surface area (Å²) >= 11 is 1.99. The molecular weight excluding hydrogens is 237 g/mol. The Morgan fingerprint density at radius 1 is 1.29 bits per heavy atom. The number of benzene rings is 1. The van der Waals surface area contributed by atoms with E-state index in [2.05, 4.69) is 0 Å². The first kappa shape index (κ1) is 12.7. The second-order valence-corrected chi connectivity index (χ2v) is 5.60. The van der Waals surface area contributed by atoms with Gasteiger partial charge in [-0.1, -0.05) is 0 Å². The van der Waals surface area contributed by atoms with Crippen LogP contribution in [0.2, 0.25) is 0 Å². The van der Waals surface area contributed by atoms with Crippen molar-refractivity contribution in [3.05, 3.63) is 30.1 Å². The van der Waals surface area contributed by atoms with E-state index in [0.29, 0.717) is 18.3 Å². The summed E-state index contributed by atoms with van der Waals surface area (Å²) in [5, 5.41) is 0. The minimum absolute atomic E-state index is 0.0842. The van der Waals surface area contributed by atoms with E-state index in [1.807, 2.05) is 11.8 Å². The van der Waals surface area contributed by atoms with Crippen LogP contribution in [0.1, 0.15) is 12.8 Å². The van der Waals surface area contributed by atoms with Gasteiger partial charge < -0.3 is 10.5 Å². The van der Waals surface area contributed by atoms with Crippen molar-refractivity contribution in [2.75, 3.05) is 18.1 Å². The fourth-order valence-corrected chi connectivity index (χ4v) is 3.15. The van der Waals surface area contributed by atoms with Crippen molar-refractivity contribution in [1.82, 2.24) is 0 Å². The zero-order valence-corrected chi connectivity index (χ0v) is 10.6. The number of hydrogen-bond donors (Lipinski definition) is 1. The molecular formula is C13H18FNOS. The third kappa shape index (κ3) is 3.89. The summed E-state index contributed by atoms with van der Waals surface area (Å²) in [5.74, 6) is 3.42. The zero-order valence-electron chi connectivity index (χ0n) is 9.77. The third-order valence-electron chi connectivity index (χ3n) is 3.13. The molecule has 2 N–H and O–H groups in total. The van der Waals surface area contributed by atoms with Crippen LogP contribution >= 0.6 is 11.8 Å². The van der Waals surface area contributed by atoms with Crippen molar-refractivity contribution in [3.63, 3.8) is 0 Å². The summed E-state index contributed by atoms with van der Waals surface area (Å²) in [4.78, 5) is 0. The van der Waals surface area contributed by atoms with Crippen LogP contribution in [0.4, 0.5) is 4.39 Å². The average Bonchev–Trinajstić information content (AvgIpc) is 2.39. The summed E-state index contributed by atoms with van der Waals surface area (Å²) in [6.07, 6.45) is 2.36.